The lowest BCUT2D eigenvalue weighted by atomic mass is 10.0. The Hall–Kier alpha value is -2.77. The van der Waals surface area contributed by atoms with Gasteiger partial charge in [0.25, 0.3) is 0 Å². The molecule has 0 aliphatic carbocycles. The summed E-state index contributed by atoms with van der Waals surface area (Å²) in [6.07, 6.45) is -3.27. The molecule has 2 atom stereocenters. The first-order valence-electron chi connectivity index (χ1n) is 8.86. The molecule has 28 heavy (non-hydrogen) atoms. The summed E-state index contributed by atoms with van der Waals surface area (Å²) in [5.41, 5.74) is 0.400. The number of halogens is 4. The third kappa shape index (κ3) is 6.44. The zero-order valence-electron chi connectivity index (χ0n) is 15.5. The highest BCUT2D eigenvalue weighted by Crippen LogP contribution is 2.32. The molecule has 0 spiro atoms. The molecule has 0 saturated carbocycles. The van der Waals surface area contributed by atoms with Crippen LogP contribution in [0.1, 0.15) is 38.3 Å². The number of carbonyl (C=O) groups excluding carboxylic acids is 1. The molecule has 2 unspecified atom stereocenters. The number of hydrogen-bond donors (Lipinski definition) is 2. The molecule has 0 aliphatic rings. The van der Waals surface area contributed by atoms with Gasteiger partial charge in [-0.1, -0.05) is 37.6 Å². The van der Waals surface area contributed by atoms with Crippen molar-refractivity contribution in [3.63, 3.8) is 0 Å². The van der Waals surface area contributed by atoms with Crippen LogP contribution < -0.4 is 15.4 Å². The van der Waals surface area contributed by atoms with E-state index in [0.717, 1.165) is 18.9 Å². The third-order valence-corrected chi connectivity index (χ3v) is 3.99. The van der Waals surface area contributed by atoms with Gasteiger partial charge in [0.15, 0.2) is 5.75 Å². The van der Waals surface area contributed by atoms with Gasteiger partial charge >= 0.3 is 6.36 Å². The van der Waals surface area contributed by atoms with E-state index in [1.54, 1.807) is 0 Å². The van der Waals surface area contributed by atoms with Gasteiger partial charge in [-0.3, -0.25) is 4.79 Å². The van der Waals surface area contributed by atoms with E-state index in [1.165, 1.54) is 42.5 Å². The number of alkyl halides is 3. The molecule has 2 N–H and O–H groups in total. The van der Waals surface area contributed by atoms with Gasteiger partial charge in [0.2, 0.25) is 5.91 Å². The van der Waals surface area contributed by atoms with Gasteiger partial charge in [0.1, 0.15) is 11.9 Å². The predicted octanol–water partition coefficient (Wildman–Crippen LogP) is 5.18. The Morgan fingerprint density at radius 3 is 2.36 bits per heavy atom. The number of nitrogens with one attached hydrogen (secondary N) is 2. The van der Waals surface area contributed by atoms with Crippen LogP contribution in [0, 0.1) is 5.82 Å². The third-order valence-electron chi connectivity index (χ3n) is 3.99. The Labute approximate surface area is 160 Å². The predicted molar refractivity (Wildman–Crippen MR) is 98.4 cm³/mol. The van der Waals surface area contributed by atoms with Crippen molar-refractivity contribution in [2.45, 2.75) is 45.1 Å². The topological polar surface area (TPSA) is 50.4 Å². The van der Waals surface area contributed by atoms with E-state index in [4.69, 9.17) is 0 Å². The number of carbonyl (C=O) groups is 1. The zero-order chi connectivity index (χ0) is 20.7. The van der Waals surface area contributed by atoms with E-state index in [1.807, 2.05) is 13.8 Å². The molecule has 0 heterocycles. The summed E-state index contributed by atoms with van der Waals surface area (Å²) in [5.74, 6) is -1.38. The standard InChI is InChI=1S/C20H22F4N2O2/c1-3-6-13(2)25-19(27)18(14-9-11-15(21)12-10-14)26-16-7-4-5-8-17(16)28-20(22,23)24/h4-5,7-13,18,26H,3,6H2,1-2H3,(H,25,27). The van der Waals surface area contributed by atoms with Crippen LogP contribution in [0.25, 0.3) is 0 Å². The molecule has 0 radical (unpaired) electrons. The average molecular weight is 398 g/mol. The summed E-state index contributed by atoms with van der Waals surface area (Å²) >= 11 is 0. The smallest absolute Gasteiger partial charge is 0.404 e. The van der Waals surface area contributed by atoms with Crippen LogP contribution in [0.4, 0.5) is 23.2 Å². The lowest BCUT2D eigenvalue weighted by Gasteiger charge is -2.24. The van der Waals surface area contributed by atoms with Crippen molar-refractivity contribution in [2.75, 3.05) is 5.32 Å². The van der Waals surface area contributed by atoms with E-state index in [0.29, 0.717) is 5.56 Å². The Bertz CT molecular complexity index is 779. The second-order valence-corrected chi connectivity index (χ2v) is 6.37. The van der Waals surface area contributed by atoms with E-state index >= 15 is 0 Å². The average Bonchev–Trinajstić information content (AvgIpc) is 2.60. The van der Waals surface area contributed by atoms with Crippen molar-refractivity contribution < 1.29 is 27.1 Å². The molecule has 2 rings (SSSR count). The summed E-state index contributed by atoms with van der Waals surface area (Å²) < 4.78 is 55.3. The van der Waals surface area contributed by atoms with Crippen molar-refractivity contribution in [3.05, 3.63) is 59.9 Å². The highest BCUT2D eigenvalue weighted by Gasteiger charge is 2.33. The molecule has 0 aliphatic heterocycles. The van der Waals surface area contributed by atoms with Crippen LogP contribution in [0.3, 0.4) is 0 Å². The fourth-order valence-electron chi connectivity index (χ4n) is 2.74. The lowest BCUT2D eigenvalue weighted by molar-refractivity contribution is -0.274. The monoisotopic (exact) mass is 398 g/mol. The van der Waals surface area contributed by atoms with Crippen molar-refractivity contribution >= 4 is 11.6 Å². The summed E-state index contributed by atoms with van der Waals surface area (Å²) in [5, 5.41) is 5.62. The first-order valence-corrected chi connectivity index (χ1v) is 8.86. The van der Waals surface area contributed by atoms with Gasteiger partial charge < -0.3 is 15.4 Å². The van der Waals surface area contributed by atoms with Gasteiger partial charge in [-0.05, 0) is 43.2 Å². The number of benzene rings is 2. The molecule has 0 saturated heterocycles. The summed E-state index contributed by atoms with van der Waals surface area (Å²) in [6.45, 7) is 3.81. The fourth-order valence-corrected chi connectivity index (χ4v) is 2.74. The van der Waals surface area contributed by atoms with Gasteiger partial charge in [-0.2, -0.15) is 0 Å². The van der Waals surface area contributed by atoms with Crippen LogP contribution in [0.2, 0.25) is 0 Å². The lowest BCUT2D eigenvalue weighted by Crippen LogP contribution is -2.39. The molecule has 1 amide bonds. The Morgan fingerprint density at radius 2 is 1.75 bits per heavy atom. The molecule has 152 valence electrons. The summed E-state index contributed by atoms with van der Waals surface area (Å²) in [4.78, 5) is 12.8. The van der Waals surface area contributed by atoms with Gasteiger partial charge in [0, 0.05) is 6.04 Å². The zero-order valence-corrected chi connectivity index (χ0v) is 15.5. The largest absolute Gasteiger partial charge is 0.573 e. The molecule has 2 aromatic rings. The number of anilines is 1. The summed E-state index contributed by atoms with van der Waals surface area (Å²) in [7, 11) is 0. The minimum Gasteiger partial charge on any atom is -0.404 e. The maximum atomic E-state index is 13.3. The number of ether oxygens (including phenoxy) is 1. The quantitative estimate of drug-likeness (QED) is 0.603. The van der Waals surface area contributed by atoms with Crippen molar-refractivity contribution in [1.82, 2.24) is 5.32 Å². The Morgan fingerprint density at radius 1 is 1.11 bits per heavy atom. The second kappa shape index (κ2) is 9.43. The normalized spacial score (nSPS) is 13.5. The van der Waals surface area contributed by atoms with Crippen LogP contribution in [-0.4, -0.2) is 18.3 Å². The number of rotatable bonds is 8. The van der Waals surface area contributed by atoms with Crippen LogP contribution >= 0.6 is 0 Å². The number of amides is 1. The van der Waals surface area contributed by atoms with Crippen molar-refractivity contribution in [1.29, 1.82) is 0 Å². The Balaban J connectivity index is 2.32. The molecular weight excluding hydrogens is 376 g/mol. The maximum absolute atomic E-state index is 13.3. The van der Waals surface area contributed by atoms with Gasteiger partial charge in [0.05, 0.1) is 5.69 Å². The molecule has 0 bridgehead atoms. The molecule has 4 nitrogen and oxygen atoms in total. The summed E-state index contributed by atoms with van der Waals surface area (Å²) in [6, 6.07) is 9.47. The SMILES string of the molecule is CCCC(C)NC(=O)C(Nc1ccccc1OC(F)(F)F)c1ccc(F)cc1. The van der Waals surface area contributed by atoms with Crippen LogP contribution in [0.5, 0.6) is 5.75 Å². The van der Waals surface area contributed by atoms with E-state index in [-0.39, 0.29) is 11.7 Å². The highest BCUT2D eigenvalue weighted by molar-refractivity contribution is 5.86. The number of hydrogen-bond acceptors (Lipinski definition) is 3. The second-order valence-electron chi connectivity index (χ2n) is 6.37. The molecule has 0 aromatic heterocycles. The molecule has 8 heteroatoms. The Kier molecular flexibility index (Phi) is 7.25. The van der Waals surface area contributed by atoms with E-state index in [9.17, 15) is 22.4 Å². The maximum Gasteiger partial charge on any atom is 0.573 e. The molecular formula is C20H22F4N2O2. The minimum absolute atomic E-state index is 0.00700. The van der Waals surface area contributed by atoms with Gasteiger partial charge in [-0.25, -0.2) is 4.39 Å². The minimum atomic E-state index is -4.87. The number of para-hydroxylation sites is 2. The van der Waals surface area contributed by atoms with Crippen molar-refractivity contribution in [3.8, 4) is 5.75 Å². The molecule has 2 aromatic carbocycles. The van der Waals surface area contributed by atoms with E-state index < -0.39 is 29.9 Å². The highest BCUT2D eigenvalue weighted by atomic mass is 19.4. The van der Waals surface area contributed by atoms with Crippen molar-refractivity contribution in [2.24, 2.45) is 0 Å². The first-order chi connectivity index (χ1) is 13.2. The van der Waals surface area contributed by atoms with Gasteiger partial charge in [-0.15, -0.1) is 13.2 Å². The van der Waals surface area contributed by atoms with E-state index in [2.05, 4.69) is 15.4 Å². The first kappa shape index (κ1) is 21.5. The van der Waals surface area contributed by atoms with Crippen LogP contribution in [0.15, 0.2) is 48.5 Å². The fraction of sp³-hybridized carbons (Fsp3) is 0.350. The molecule has 0 fully saturated rings. The van der Waals surface area contributed by atoms with Crippen LogP contribution in [-0.2, 0) is 4.79 Å².